The molecule has 0 fully saturated rings. The van der Waals surface area contributed by atoms with Crippen molar-refractivity contribution >= 4 is 52.1 Å². The van der Waals surface area contributed by atoms with Crippen LogP contribution in [-0.4, -0.2) is 6.16 Å². The van der Waals surface area contributed by atoms with Gasteiger partial charge in [0.25, 0.3) is 0 Å². The molecule has 0 amide bonds. The summed E-state index contributed by atoms with van der Waals surface area (Å²) in [5.41, 5.74) is 12.5. The Morgan fingerprint density at radius 1 is 0.535 bits per heavy atom. The van der Waals surface area contributed by atoms with Gasteiger partial charge in [-0.05, 0) is 0 Å². The molecule has 0 spiro atoms. The molecule has 5 aromatic rings. The molecule has 0 saturated heterocycles. The van der Waals surface area contributed by atoms with E-state index < -0.39 is 21.2 Å². The Morgan fingerprint density at radius 2 is 0.977 bits per heavy atom. The topological polar surface area (TPSA) is 0 Å². The number of hydrogen-bond donors (Lipinski definition) is 0. The van der Waals surface area contributed by atoms with Crippen LogP contribution < -0.4 is 5.19 Å². The zero-order chi connectivity index (χ0) is 29.8. The van der Waals surface area contributed by atoms with Gasteiger partial charge >= 0.3 is 270 Å². The van der Waals surface area contributed by atoms with Crippen molar-refractivity contribution in [2.45, 2.75) is 21.1 Å². The van der Waals surface area contributed by atoms with Crippen LogP contribution in [0, 0.1) is 0 Å². The van der Waals surface area contributed by atoms with Crippen molar-refractivity contribution in [3.63, 3.8) is 0 Å². The van der Waals surface area contributed by atoms with E-state index in [-0.39, 0.29) is 7.25 Å². The van der Waals surface area contributed by atoms with E-state index in [4.69, 9.17) is 28.6 Å². The Balaban J connectivity index is 1.50. The third kappa shape index (κ3) is 5.01. The van der Waals surface area contributed by atoms with E-state index in [2.05, 4.69) is 135 Å². The van der Waals surface area contributed by atoms with Crippen LogP contribution in [-0.2, 0) is 15.0 Å². The molecule has 0 N–H and O–H groups in total. The summed E-state index contributed by atoms with van der Waals surface area (Å²) in [6.07, 6.45) is 4.28. The molecular weight excluding hydrogens is 682 g/mol. The van der Waals surface area contributed by atoms with Gasteiger partial charge in [-0.15, -0.1) is 0 Å². The minimum atomic E-state index is -4.96. The molecule has 0 aromatic heterocycles. The number of hydrogen-bond acceptors (Lipinski definition) is 0. The van der Waals surface area contributed by atoms with Crippen LogP contribution >= 0.6 is 28.6 Å². The maximum atomic E-state index is 8.52. The fourth-order valence-electron chi connectivity index (χ4n) is 7.52. The number of fused-ring (bicyclic) bond motifs is 2. The van der Waals surface area contributed by atoms with E-state index in [1.165, 1.54) is 60.8 Å². The van der Waals surface area contributed by atoms with Crippen LogP contribution in [0.2, 0.25) is 5.02 Å². The predicted octanol–water partition coefficient (Wildman–Crippen LogP) is 11.0. The molecule has 7 rings (SSSR count). The number of rotatable bonds is 5. The molecule has 0 nitrogen and oxygen atoms in total. The Bertz CT molecular complexity index is 1890. The van der Waals surface area contributed by atoms with Crippen LogP contribution in [0.1, 0.15) is 43.4 Å². The van der Waals surface area contributed by atoms with Gasteiger partial charge in [-0.25, -0.2) is 0 Å². The van der Waals surface area contributed by atoms with Gasteiger partial charge in [-0.2, -0.15) is 0 Å². The zero-order valence-corrected chi connectivity index (χ0v) is 29.9. The molecule has 43 heavy (non-hydrogen) atoms. The average molecular weight is 713 g/mol. The molecule has 2 aliphatic rings. The first-order valence-electron chi connectivity index (χ1n) is 14.7. The second kappa shape index (κ2) is 11.2. The zero-order valence-electron chi connectivity index (χ0n) is 24.1. The molecule has 5 heteroatoms. The van der Waals surface area contributed by atoms with Crippen LogP contribution in [0.5, 0.6) is 0 Å². The monoisotopic (exact) mass is 710 g/mol. The summed E-state index contributed by atoms with van der Waals surface area (Å²) in [7, 11) is 17.0. The third-order valence-electron chi connectivity index (χ3n) is 9.14. The Hall–Kier alpha value is -2.45. The van der Waals surface area contributed by atoms with Crippen LogP contribution in [0.3, 0.4) is 0 Å². The molecular formula is C38H31Cl3SiZr. The van der Waals surface area contributed by atoms with Gasteiger partial charge in [-0.1, -0.05) is 0 Å². The van der Waals surface area contributed by atoms with Crippen LogP contribution in [0.25, 0.3) is 34.4 Å². The summed E-state index contributed by atoms with van der Waals surface area (Å²) < 4.78 is -0.0115. The molecule has 0 aliphatic heterocycles. The quantitative estimate of drug-likeness (QED) is 0.159. The van der Waals surface area contributed by atoms with Gasteiger partial charge in [-0.3, -0.25) is 0 Å². The van der Waals surface area contributed by atoms with E-state index in [1.807, 2.05) is 12.1 Å². The molecule has 0 heterocycles. The van der Waals surface area contributed by atoms with Crippen LogP contribution in [0.4, 0.5) is 0 Å². The first-order valence-corrected chi connectivity index (χ1v) is 29.6. The van der Waals surface area contributed by atoms with Crippen molar-refractivity contribution in [1.29, 1.82) is 0 Å². The van der Waals surface area contributed by atoms with Gasteiger partial charge in [0.2, 0.25) is 0 Å². The van der Waals surface area contributed by atoms with E-state index in [1.54, 1.807) is 0 Å². The van der Waals surface area contributed by atoms with E-state index in [9.17, 15) is 0 Å². The van der Waals surface area contributed by atoms with Crippen molar-refractivity contribution in [2.75, 3.05) is 0 Å². The van der Waals surface area contributed by atoms with Crippen molar-refractivity contribution < 1.29 is 15.0 Å². The second-order valence-electron chi connectivity index (χ2n) is 11.9. The molecule has 212 valence electrons. The summed E-state index contributed by atoms with van der Waals surface area (Å²) in [6, 6.07) is 42.9. The number of benzene rings is 5. The van der Waals surface area contributed by atoms with Gasteiger partial charge in [0.1, 0.15) is 0 Å². The van der Waals surface area contributed by atoms with Gasteiger partial charge in [0.15, 0.2) is 0 Å². The normalized spacial score (nSPS) is 17.6. The summed E-state index contributed by atoms with van der Waals surface area (Å²) >= 11 is 1.38. The number of allylic oxidation sites excluding steroid dienone is 2. The van der Waals surface area contributed by atoms with Crippen molar-refractivity contribution in [3.05, 3.63) is 160 Å². The summed E-state index contributed by atoms with van der Waals surface area (Å²) in [5.74, 6) is 0. The predicted molar refractivity (Wildman–Crippen MR) is 186 cm³/mol. The third-order valence-corrected chi connectivity index (χ3v) is 39.4. The van der Waals surface area contributed by atoms with Gasteiger partial charge in [0.05, 0.1) is 0 Å². The maximum absolute atomic E-state index is 8.52. The summed E-state index contributed by atoms with van der Waals surface area (Å²) in [6.45, 7) is 4.49. The van der Waals surface area contributed by atoms with E-state index in [0.29, 0.717) is 0 Å². The number of halogens is 3. The molecule has 0 saturated carbocycles. The molecule has 5 aromatic carbocycles. The molecule has 2 aliphatic carbocycles. The molecule has 2 atom stereocenters. The Labute approximate surface area is 268 Å². The Morgan fingerprint density at radius 3 is 1.42 bits per heavy atom. The van der Waals surface area contributed by atoms with E-state index >= 15 is 0 Å². The fourth-order valence-corrected chi connectivity index (χ4v) is 43.8. The van der Waals surface area contributed by atoms with Crippen molar-refractivity contribution in [3.8, 4) is 22.3 Å². The van der Waals surface area contributed by atoms with Crippen molar-refractivity contribution in [2.24, 2.45) is 0 Å². The molecule has 2 unspecified atom stereocenters. The SMILES string of the molecule is CC1=Cc2c(-c3ccccc3)cccc2[CH]1[Zr]([Cl])([Cl])(=[SiH]c1ccc(Cl)cc1)[CH]1C(C)=Cc2c(-c3ccccc3)cccc21. The van der Waals surface area contributed by atoms with Gasteiger partial charge < -0.3 is 0 Å². The fraction of sp³-hybridized carbons (Fsp3) is 0.105. The first-order chi connectivity index (χ1) is 20.7. The van der Waals surface area contributed by atoms with Gasteiger partial charge in [0, 0.05) is 0 Å². The second-order valence-corrected chi connectivity index (χ2v) is 47.1. The Kier molecular flexibility index (Phi) is 7.60. The molecule has 0 bridgehead atoms. The first kappa shape index (κ1) is 29.3. The summed E-state index contributed by atoms with van der Waals surface area (Å²) in [4.78, 5) is 0. The minimum absolute atomic E-state index is 0.00575. The van der Waals surface area contributed by atoms with Crippen LogP contribution in [0.15, 0.2) is 132 Å². The van der Waals surface area contributed by atoms with E-state index in [0.717, 1.165) is 5.02 Å². The standard InChI is InChI=1S/2C16H13.C6H5ClSi.2ClH.Zr/c2*1-12-10-14-8-5-9-15(16(14)11-12)13-6-3-2-4-7-13;7-5-1-3-6(8)4-2-5;;;/h2*2-11H,1H3;1-4,8H;2*1H;/q;;;;;+2/p-2. The summed E-state index contributed by atoms with van der Waals surface area (Å²) in [5, 5.41) is 1.95. The molecule has 0 radical (unpaired) electrons. The average Bonchev–Trinajstić information content (AvgIpc) is 3.56. The van der Waals surface area contributed by atoms with Crippen molar-refractivity contribution in [1.82, 2.24) is 0 Å².